The third-order valence-electron chi connectivity index (χ3n) is 1.92. The quantitative estimate of drug-likeness (QED) is 0.867. The highest BCUT2D eigenvalue weighted by Crippen LogP contribution is 2.25. The molecule has 1 rings (SSSR count). The number of alkyl halides is 3. The molecule has 90 valence electrons. The lowest BCUT2D eigenvalue weighted by Gasteiger charge is -2.20. The number of methoxy groups -OCH3 is 1. The van der Waals surface area contributed by atoms with E-state index in [2.05, 4.69) is 0 Å². The Bertz CT molecular complexity index is 324. The van der Waals surface area contributed by atoms with Gasteiger partial charge in [-0.3, -0.25) is 0 Å². The summed E-state index contributed by atoms with van der Waals surface area (Å²) in [5.74, 6) is 0.650. The van der Waals surface area contributed by atoms with Gasteiger partial charge >= 0.3 is 6.18 Å². The summed E-state index contributed by atoms with van der Waals surface area (Å²) in [6.45, 7) is -0.616. The first-order chi connectivity index (χ1) is 7.47. The molecule has 0 spiro atoms. The smallest absolute Gasteiger partial charge is 0.426 e. The van der Waals surface area contributed by atoms with Gasteiger partial charge in [0, 0.05) is 6.54 Å². The van der Waals surface area contributed by atoms with Gasteiger partial charge in [-0.25, -0.2) is 0 Å². The monoisotopic (exact) mass is 235 g/mol. The van der Waals surface area contributed by atoms with Gasteiger partial charge in [-0.05, 0) is 24.3 Å². The highest BCUT2D eigenvalue weighted by atomic mass is 19.4. The van der Waals surface area contributed by atoms with Gasteiger partial charge in [-0.2, -0.15) is 13.2 Å². The normalized spacial score (nSPS) is 13.3. The molecule has 0 fully saturated rings. The topological polar surface area (TPSA) is 44.5 Å². The summed E-state index contributed by atoms with van der Waals surface area (Å²) in [5, 5.41) is 0. The predicted molar refractivity (Wildman–Crippen MR) is 52.5 cm³/mol. The van der Waals surface area contributed by atoms with Gasteiger partial charge in [0.25, 0.3) is 0 Å². The van der Waals surface area contributed by atoms with Crippen LogP contribution in [-0.4, -0.2) is 25.9 Å². The van der Waals surface area contributed by atoms with E-state index in [1.54, 1.807) is 0 Å². The third kappa shape index (κ3) is 3.30. The second-order valence-corrected chi connectivity index (χ2v) is 3.06. The van der Waals surface area contributed by atoms with Crippen LogP contribution in [-0.2, 0) is 0 Å². The Hall–Kier alpha value is -1.43. The summed E-state index contributed by atoms with van der Waals surface area (Å²) in [5.41, 5.74) is 4.99. The van der Waals surface area contributed by atoms with Crippen molar-refractivity contribution < 1.29 is 22.6 Å². The van der Waals surface area contributed by atoms with Crippen molar-refractivity contribution >= 4 is 0 Å². The lowest BCUT2D eigenvalue weighted by Crippen LogP contribution is -2.40. The van der Waals surface area contributed by atoms with Crippen molar-refractivity contribution in [3.05, 3.63) is 24.3 Å². The van der Waals surface area contributed by atoms with Crippen LogP contribution < -0.4 is 15.2 Å². The molecule has 0 radical (unpaired) electrons. The van der Waals surface area contributed by atoms with E-state index in [9.17, 15) is 13.2 Å². The molecular formula is C10H12F3NO2. The molecule has 1 unspecified atom stereocenters. The molecule has 0 aliphatic heterocycles. The lowest BCUT2D eigenvalue weighted by molar-refractivity contribution is -0.191. The highest BCUT2D eigenvalue weighted by Gasteiger charge is 2.40. The fraction of sp³-hybridized carbons (Fsp3) is 0.400. The van der Waals surface area contributed by atoms with Crippen molar-refractivity contribution in [2.24, 2.45) is 5.73 Å². The van der Waals surface area contributed by atoms with Crippen LogP contribution in [0.25, 0.3) is 0 Å². The van der Waals surface area contributed by atoms with Crippen LogP contribution in [0.15, 0.2) is 24.3 Å². The van der Waals surface area contributed by atoms with Crippen LogP contribution in [0.1, 0.15) is 0 Å². The average Bonchev–Trinajstić information content (AvgIpc) is 2.25. The third-order valence-corrected chi connectivity index (χ3v) is 1.92. The number of hydrogen-bond donors (Lipinski definition) is 1. The van der Waals surface area contributed by atoms with E-state index in [-0.39, 0.29) is 5.75 Å². The molecule has 3 nitrogen and oxygen atoms in total. The van der Waals surface area contributed by atoms with E-state index in [0.29, 0.717) is 5.75 Å². The minimum absolute atomic E-state index is 0.105. The second-order valence-electron chi connectivity index (χ2n) is 3.06. The van der Waals surface area contributed by atoms with Gasteiger partial charge < -0.3 is 15.2 Å². The first-order valence-corrected chi connectivity index (χ1v) is 4.55. The van der Waals surface area contributed by atoms with Crippen molar-refractivity contribution in [1.29, 1.82) is 0 Å². The highest BCUT2D eigenvalue weighted by molar-refractivity contribution is 5.31. The maximum Gasteiger partial charge on any atom is 0.426 e. The fourth-order valence-corrected chi connectivity index (χ4v) is 1.07. The summed E-state index contributed by atoms with van der Waals surface area (Å²) >= 11 is 0. The van der Waals surface area contributed by atoms with E-state index in [1.807, 2.05) is 0 Å². The molecule has 0 amide bonds. The maximum atomic E-state index is 12.3. The maximum absolute atomic E-state index is 12.3. The van der Waals surface area contributed by atoms with E-state index in [1.165, 1.54) is 31.4 Å². The lowest BCUT2D eigenvalue weighted by atomic mass is 10.3. The van der Waals surface area contributed by atoms with Gasteiger partial charge in [0.05, 0.1) is 7.11 Å². The van der Waals surface area contributed by atoms with Crippen molar-refractivity contribution in [2.45, 2.75) is 12.3 Å². The number of ether oxygens (including phenoxy) is 2. The van der Waals surface area contributed by atoms with Crippen LogP contribution in [0.5, 0.6) is 11.5 Å². The van der Waals surface area contributed by atoms with Crippen LogP contribution in [0.4, 0.5) is 13.2 Å². The van der Waals surface area contributed by atoms with Gasteiger partial charge in [-0.1, -0.05) is 0 Å². The average molecular weight is 235 g/mol. The molecule has 0 bridgehead atoms. The Morgan fingerprint density at radius 3 is 2.06 bits per heavy atom. The molecule has 6 heteroatoms. The second kappa shape index (κ2) is 5.07. The zero-order valence-electron chi connectivity index (χ0n) is 8.62. The number of halogens is 3. The molecule has 0 saturated carbocycles. The zero-order chi connectivity index (χ0) is 12.2. The zero-order valence-corrected chi connectivity index (χ0v) is 8.62. The molecule has 1 aromatic carbocycles. The SMILES string of the molecule is COc1ccc(OC(CN)C(F)(F)F)cc1. The Morgan fingerprint density at radius 2 is 1.69 bits per heavy atom. The van der Waals surface area contributed by atoms with Crippen LogP contribution in [0.2, 0.25) is 0 Å². The van der Waals surface area contributed by atoms with Crippen molar-refractivity contribution in [2.75, 3.05) is 13.7 Å². The Morgan fingerprint density at radius 1 is 1.19 bits per heavy atom. The van der Waals surface area contributed by atoms with Crippen molar-refractivity contribution in [3.63, 3.8) is 0 Å². The summed E-state index contributed by atoms with van der Waals surface area (Å²) in [6.07, 6.45) is -6.45. The molecule has 0 heterocycles. The van der Waals surface area contributed by atoms with Gasteiger partial charge in [0.1, 0.15) is 11.5 Å². The molecule has 1 aromatic rings. The van der Waals surface area contributed by atoms with E-state index >= 15 is 0 Å². The minimum atomic E-state index is -4.46. The van der Waals surface area contributed by atoms with E-state index in [0.717, 1.165) is 0 Å². The van der Waals surface area contributed by atoms with Gasteiger partial charge in [0.2, 0.25) is 6.10 Å². The van der Waals surface area contributed by atoms with Gasteiger partial charge in [0.15, 0.2) is 0 Å². The standard InChI is InChI=1S/C10H12F3NO2/c1-15-7-2-4-8(5-3-7)16-9(6-14)10(11,12)13/h2-5,9H,6,14H2,1H3. The molecule has 16 heavy (non-hydrogen) atoms. The fourth-order valence-electron chi connectivity index (χ4n) is 1.07. The molecule has 0 saturated heterocycles. The van der Waals surface area contributed by atoms with Crippen LogP contribution >= 0.6 is 0 Å². The van der Waals surface area contributed by atoms with E-state index in [4.69, 9.17) is 15.2 Å². The van der Waals surface area contributed by atoms with Crippen LogP contribution in [0.3, 0.4) is 0 Å². The predicted octanol–water partition coefficient (Wildman–Crippen LogP) is 1.96. The molecule has 2 N–H and O–H groups in total. The summed E-state index contributed by atoms with van der Waals surface area (Å²) in [4.78, 5) is 0. The van der Waals surface area contributed by atoms with E-state index < -0.39 is 18.8 Å². The number of rotatable bonds is 4. The molecule has 0 aliphatic rings. The molecule has 0 aliphatic carbocycles. The Kier molecular flexibility index (Phi) is 4.00. The summed E-state index contributed by atoms with van der Waals surface area (Å²) in [7, 11) is 1.47. The summed E-state index contributed by atoms with van der Waals surface area (Å²) in [6, 6.07) is 5.82. The van der Waals surface area contributed by atoms with Gasteiger partial charge in [-0.15, -0.1) is 0 Å². The summed E-state index contributed by atoms with van der Waals surface area (Å²) < 4.78 is 46.6. The Balaban J connectivity index is 2.71. The molecule has 1 atom stereocenters. The first kappa shape index (κ1) is 12.6. The first-order valence-electron chi connectivity index (χ1n) is 4.55. The molecule has 0 aromatic heterocycles. The number of hydrogen-bond acceptors (Lipinski definition) is 3. The van der Waals surface area contributed by atoms with Crippen LogP contribution in [0, 0.1) is 0 Å². The largest absolute Gasteiger partial charge is 0.497 e. The van der Waals surface area contributed by atoms with Crippen molar-refractivity contribution in [3.8, 4) is 11.5 Å². The Labute approximate surface area is 91.0 Å². The van der Waals surface area contributed by atoms with Crippen molar-refractivity contribution in [1.82, 2.24) is 0 Å². The number of benzene rings is 1. The number of nitrogens with two attached hydrogens (primary N) is 1. The molecular weight excluding hydrogens is 223 g/mol. The minimum Gasteiger partial charge on any atom is -0.497 e.